The molecule has 0 aliphatic heterocycles. The Balaban J connectivity index is 1.74. The maximum Gasteiger partial charge on any atom is 0.343 e. The van der Waals surface area contributed by atoms with Crippen LogP contribution in [0.4, 0.5) is 0 Å². The molecule has 43 heavy (non-hydrogen) atoms. The predicted octanol–water partition coefficient (Wildman–Crippen LogP) is 0.236. The highest BCUT2D eigenvalue weighted by molar-refractivity contribution is 6.07. The van der Waals surface area contributed by atoms with Gasteiger partial charge in [-0.05, 0) is 6.92 Å². The molecule has 1 atom stereocenters. The summed E-state index contributed by atoms with van der Waals surface area (Å²) in [5.41, 5.74) is -4.10. The number of aromatic nitrogens is 2. The molecule has 3 heterocycles. The summed E-state index contributed by atoms with van der Waals surface area (Å²) in [4.78, 5) is 77.8. The van der Waals surface area contributed by atoms with Crippen molar-refractivity contribution in [2.45, 2.75) is 26.0 Å². The number of ether oxygens (including phenoxy) is 2. The van der Waals surface area contributed by atoms with E-state index in [1.807, 2.05) is 0 Å². The van der Waals surface area contributed by atoms with Crippen molar-refractivity contribution in [1.29, 1.82) is 0 Å². The number of fused-ring (bicyclic) bond motifs is 2. The number of aliphatic carboxylic acids is 1. The van der Waals surface area contributed by atoms with Crippen molar-refractivity contribution >= 4 is 40.9 Å². The van der Waals surface area contributed by atoms with Crippen LogP contribution in [0.2, 0.25) is 0 Å². The molecule has 0 aliphatic rings. The summed E-state index contributed by atoms with van der Waals surface area (Å²) < 4.78 is 15.7. The molecule has 17 nitrogen and oxygen atoms in total. The highest BCUT2D eigenvalue weighted by Crippen LogP contribution is 2.36. The van der Waals surface area contributed by atoms with Crippen molar-refractivity contribution in [2.75, 3.05) is 6.61 Å². The molecule has 4 aromatic rings. The van der Waals surface area contributed by atoms with E-state index in [1.165, 1.54) is 6.92 Å². The lowest BCUT2D eigenvalue weighted by atomic mass is 10.0. The lowest BCUT2D eigenvalue weighted by Gasteiger charge is -2.16. The van der Waals surface area contributed by atoms with Crippen molar-refractivity contribution < 1.29 is 58.6 Å². The molecule has 0 saturated carbocycles. The molecule has 17 heteroatoms. The first kappa shape index (κ1) is 29.8. The molecule has 224 valence electrons. The Kier molecular flexibility index (Phi) is 8.17. The van der Waals surface area contributed by atoms with Crippen LogP contribution in [0.1, 0.15) is 28.9 Å². The monoisotopic (exact) mass is 599 g/mol. The van der Waals surface area contributed by atoms with Gasteiger partial charge >= 0.3 is 11.9 Å². The normalized spacial score (nSPS) is 11.7. The number of phenols is 2. The van der Waals surface area contributed by atoms with Crippen LogP contribution in [0.5, 0.6) is 23.0 Å². The number of amides is 1. The molecule has 0 saturated heterocycles. The van der Waals surface area contributed by atoms with E-state index >= 15 is 0 Å². The number of esters is 1. The van der Waals surface area contributed by atoms with Gasteiger partial charge in [0.2, 0.25) is 5.43 Å². The number of rotatable bonds is 10. The van der Waals surface area contributed by atoms with E-state index in [1.54, 1.807) is 0 Å². The number of phenolic OH excluding ortho intramolecular Hbond substituents is 2. The summed E-state index contributed by atoms with van der Waals surface area (Å²) in [5, 5.41) is 50.5. The van der Waals surface area contributed by atoms with Gasteiger partial charge in [-0.3, -0.25) is 28.4 Å². The highest BCUT2D eigenvalue weighted by Gasteiger charge is 2.28. The Labute approximate surface area is 237 Å². The average molecular weight is 599 g/mol. The summed E-state index contributed by atoms with van der Waals surface area (Å²) in [5.74, 6) is -6.99. The summed E-state index contributed by atoms with van der Waals surface area (Å²) in [6, 6.07) is 1.84. The third-order valence-corrected chi connectivity index (χ3v) is 6.09. The Morgan fingerprint density at radius 3 is 2.51 bits per heavy atom. The van der Waals surface area contributed by atoms with Gasteiger partial charge < -0.3 is 44.7 Å². The van der Waals surface area contributed by atoms with Gasteiger partial charge in [-0.1, -0.05) is 0 Å². The number of pyridine rings is 1. The molecule has 0 aliphatic carbocycles. The van der Waals surface area contributed by atoms with E-state index in [9.17, 15) is 49.2 Å². The Bertz CT molecular complexity index is 1930. The molecular weight excluding hydrogens is 578 g/mol. The van der Waals surface area contributed by atoms with Crippen molar-refractivity contribution in [3.8, 4) is 34.1 Å². The van der Waals surface area contributed by atoms with E-state index in [0.29, 0.717) is 0 Å². The lowest BCUT2D eigenvalue weighted by molar-refractivity contribution is -0.144. The van der Waals surface area contributed by atoms with Crippen LogP contribution < -0.4 is 16.3 Å². The van der Waals surface area contributed by atoms with E-state index in [-0.39, 0.29) is 29.8 Å². The molecule has 0 bridgehead atoms. The number of benzene rings is 1. The van der Waals surface area contributed by atoms with Crippen LogP contribution >= 0.6 is 0 Å². The number of carbonyl (C=O) groups is 4. The second kappa shape index (κ2) is 11.8. The van der Waals surface area contributed by atoms with Crippen LogP contribution in [-0.2, 0) is 23.9 Å². The quantitative estimate of drug-likeness (QED) is 0.0617. The first-order valence-electron chi connectivity index (χ1n) is 12.1. The zero-order valence-corrected chi connectivity index (χ0v) is 21.9. The van der Waals surface area contributed by atoms with E-state index in [0.717, 1.165) is 29.0 Å². The highest BCUT2D eigenvalue weighted by atomic mass is 16.5. The molecule has 1 amide bonds. The standard InChI is InChI=1S/C26H21N3O14/c1-10-20(25(39)29-6-14(33)12(31)5-16(29)27-10)11-7-41-15-4-13(32)24(38)22(21(15)23(11)37)26(40)42-8-17(34)28-18(43-9-30)2-3-19(35)36/h4-7,9,18,31-33,38H,2-3,8H2,1H3,(H,28,34)(H,35,36)/t18-/m1/s1. The van der Waals surface area contributed by atoms with Crippen LogP contribution in [0, 0.1) is 6.92 Å². The number of hydrogen-bond acceptors (Lipinski definition) is 14. The maximum absolute atomic E-state index is 13.7. The maximum atomic E-state index is 13.7. The third-order valence-electron chi connectivity index (χ3n) is 6.09. The SMILES string of the molecule is Cc1nc2cc(O)c(O)cn2c(=O)c1-c1coc2cc(O)c(O)c(C(=O)OCC(=O)N[C@@H](CCC(=O)O)OC=O)c2c1=O. The average Bonchev–Trinajstić information content (AvgIpc) is 2.94. The molecule has 0 fully saturated rings. The van der Waals surface area contributed by atoms with E-state index in [4.69, 9.17) is 14.3 Å². The number of aryl methyl sites for hydroxylation is 1. The summed E-state index contributed by atoms with van der Waals surface area (Å²) >= 11 is 0. The molecule has 0 spiro atoms. The Morgan fingerprint density at radius 2 is 1.84 bits per heavy atom. The summed E-state index contributed by atoms with van der Waals surface area (Å²) in [6.07, 6.45) is -0.423. The number of carboxylic acid groups (broad SMARTS) is 1. The van der Waals surface area contributed by atoms with Crippen LogP contribution in [0.15, 0.2) is 38.6 Å². The molecule has 4 rings (SSSR count). The first-order valence-corrected chi connectivity index (χ1v) is 12.1. The second-order valence-electron chi connectivity index (χ2n) is 8.92. The fourth-order valence-electron chi connectivity index (χ4n) is 4.14. The second-order valence-corrected chi connectivity index (χ2v) is 8.92. The van der Waals surface area contributed by atoms with Crippen molar-refractivity contribution in [1.82, 2.24) is 14.7 Å². The minimum absolute atomic E-state index is 0.0134. The minimum Gasteiger partial charge on any atom is -0.504 e. The van der Waals surface area contributed by atoms with Gasteiger partial charge in [0, 0.05) is 18.6 Å². The topological polar surface area (TPSA) is 264 Å². The van der Waals surface area contributed by atoms with Crippen molar-refractivity contribution in [2.24, 2.45) is 0 Å². The fourth-order valence-corrected chi connectivity index (χ4v) is 4.14. The molecule has 3 aromatic heterocycles. The van der Waals surface area contributed by atoms with Crippen molar-refractivity contribution in [3.63, 3.8) is 0 Å². The van der Waals surface area contributed by atoms with Gasteiger partial charge in [0.15, 0.2) is 35.8 Å². The van der Waals surface area contributed by atoms with Crippen LogP contribution in [0.25, 0.3) is 27.7 Å². The minimum atomic E-state index is -1.48. The zero-order chi connectivity index (χ0) is 31.6. The first-order chi connectivity index (χ1) is 20.3. The number of carbonyl (C=O) groups excluding carboxylic acids is 3. The summed E-state index contributed by atoms with van der Waals surface area (Å²) in [7, 11) is 0. The molecular formula is C26H21N3O14. The number of nitrogens with zero attached hydrogens (tertiary/aromatic N) is 2. The van der Waals surface area contributed by atoms with Crippen molar-refractivity contribution in [3.05, 3.63) is 56.4 Å². The summed E-state index contributed by atoms with van der Waals surface area (Å²) in [6.45, 7) is 0.278. The number of nitrogens with one attached hydrogen (secondary N) is 1. The van der Waals surface area contributed by atoms with Crippen LogP contribution in [-0.4, -0.2) is 72.1 Å². The number of aromatic hydroxyl groups is 4. The Hall–Kier alpha value is -6.13. The number of hydrogen-bond donors (Lipinski definition) is 6. The molecule has 0 unspecified atom stereocenters. The van der Waals surface area contributed by atoms with Gasteiger partial charge in [-0.25, -0.2) is 9.78 Å². The third kappa shape index (κ3) is 5.85. The van der Waals surface area contributed by atoms with Gasteiger partial charge in [0.05, 0.1) is 34.8 Å². The largest absolute Gasteiger partial charge is 0.504 e. The number of carboxylic acids is 1. The lowest BCUT2D eigenvalue weighted by Crippen LogP contribution is -2.39. The Morgan fingerprint density at radius 1 is 1.12 bits per heavy atom. The molecule has 0 radical (unpaired) electrons. The molecule has 1 aromatic carbocycles. The fraction of sp³-hybridized carbons (Fsp3) is 0.192. The van der Waals surface area contributed by atoms with Crippen LogP contribution in [0.3, 0.4) is 0 Å². The van der Waals surface area contributed by atoms with Gasteiger partial charge in [0.25, 0.3) is 17.9 Å². The predicted molar refractivity (Wildman–Crippen MR) is 141 cm³/mol. The van der Waals surface area contributed by atoms with Gasteiger partial charge in [-0.2, -0.15) is 0 Å². The van der Waals surface area contributed by atoms with Gasteiger partial charge in [0.1, 0.15) is 23.1 Å². The van der Waals surface area contributed by atoms with E-state index < -0.39 is 93.2 Å². The van der Waals surface area contributed by atoms with E-state index in [2.05, 4.69) is 15.0 Å². The molecule has 6 N–H and O–H groups in total. The smallest absolute Gasteiger partial charge is 0.343 e. The van der Waals surface area contributed by atoms with Gasteiger partial charge in [-0.15, -0.1) is 0 Å². The zero-order valence-electron chi connectivity index (χ0n) is 21.9.